The number of benzene rings is 1. The van der Waals surface area contributed by atoms with E-state index in [2.05, 4.69) is 5.32 Å². The number of halogens is 1. The lowest BCUT2D eigenvalue weighted by Crippen LogP contribution is -2.44. The monoisotopic (exact) mass is 509 g/mol. The highest BCUT2D eigenvalue weighted by Crippen LogP contribution is 2.46. The first-order valence-electron chi connectivity index (χ1n) is 12.6. The Morgan fingerprint density at radius 2 is 2.03 bits per heavy atom. The Labute approximate surface area is 211 Å². The van der Waals surface area contributed by atoms with Gasteiger partial charge in [0.25, 0.3) is 5.56 Å². The number of fused-ring (bicyclic) bond motifs is 5. The number of aromatic nitrogens is 2. The zero-order valence-corrected chi connectivity index (χ0v) is 20.5. The van der Waals surface area contributed by atoms with Crippen molar-refractivity contribution in [2.24, 2.45) is 0 Å². The Balaban J connectivity index is 1.52. The minimum absolute atomic E-state index is 0.0376. The summed E-state index contributed by atoms with van der Waals surface area (Å²) in [7, 11) is 0. The number of aliphatic hydroxyl groups excluding tert-OH is 2. The Morgan fingerprint density at radius 1 is 1.24 bits per heavy atom. The van der Waals surface area contributed by atoms with Gasteiger partial charge in [-0.25, -0.2) is 14.2 Å². The molecular formula is C27H28FN3O6. The van der Waals surface area contributed by atoms with Crippen LogP contribution in [-0.2, 0) is 34.7 Å². The van der Waals surface area contributed by atoms with Crippen LogP contribution in [0, 0.1) is 5.82 Å². The van der Waals surface area contributed by atoms with E-state index in [0.29, 0.717) is 36.2 Å². The Kier molecular flexibility index (Phi) is 5.50. The Morgan fingerprint density at radius 3 is 2.76 bits per heavy atom. The molecule has 4 atom stereocenters. The lowest BCUT2D eigenvalue weighted by Gasteiger charge is -2.31. The molecule has 10 heteroatoms. The first-order chi connectivity index (χ1) is 17.6. The minimum Gasteiger partial charge on any atom is -0.458 e. The molecular weight excluding hydrogens is 481 g/mol. The van der Waals surface area contributed by atoms with Crippen molar-refractivity contribution in [2.45, 2.75) is 76.7 Å². The molecule has 0 spiro atoms. The van der Waals surface area contributed by atoms with E-state index in [9.17, 15) is 29.3 Å². The molecule has 0 amide bonds. The fraction of sp³-hybridized carbons (Fsp3) is 0.444. The third kappa shape index (κ3) is 3.54. The molecule has 0 radical (unpaired) electrons. The second-order valence-electron chi connectivity index (χ2n) is 10.3. The molecule has 0 saturated carbocycles. The molecule has 2 aromatic heterocycles. The van der Waals surface area contributed by atoms with Gasteiger partial charge in [-0.2, -0.15) is 0 Å². The average molecular weight is 510 g/mol. The largest absolute Gasteiger partial charge is 0.458 e. The summed E-state index contributed by atoms with van der Waals surface area (Å²) in [5.74, 6) is -1.22. The number of hydrogen-bond donors (Lipinski definition) is 4. The molecule has 0 fully saturated rings. The average Bonchev–Trinajstić information content (AvgIpc) is 3.39. The van der Waals surface area contributed by atoms with Crippen LogP contribution < -0.4 is 10.9 Å². The van der Waals surface area contributed by atoms with Gasteiger partial charge in [0.1, 0.15) is 18.7 Å². The topological polar surface area (TPSA) is 134 Å². The van der Waals surface area contributed by atoms with E-state index >= 15 is 0 Å². The van der Waals surface area contributed by atoms with E-state index in [-0.39, 0.29) is 42.3 Å². The number of pyridine rings is 2. The van der Waals surface area contributed by atoms with Crippen LogP contribution in [0.3, 0.4) is 0 Å². The van der Waals surface area contributed by atoms with Gasteiger partial charge >= 0.3 is 5.97 Å². The molecule has 1 aliphatic carbocycles. The number of carbonyl (C=O) groups excluding carboxylic acids is 1. The summed E-state index contributed by atoms with van der Waals surface area (Å²) >= 11 is 0. The van der Waals surface area contributed by atoms with Crippen molar-refractivity contribution < 1.29 is 29.2 Å². The number of esters is 1. The van der Waals surface area contributed by atoms with E-state index in [1.54, 1.807) is 24.5 Å². The Hall–Kier alpha value is -3.18. The summed E-state index contributed by atoms with van der Waals surface area (Å²) < 4.78 is 21.3. The van der Waals surface area contributed by atoms with Gasteiger partial charge in [-0.3, -0.25) is 10.1 Å². The van der Waals surface area contributed by atoms with Crippen LogP contribution >= 0.6 is 0 Å². The quantitative estimate of drug-likeness (QED) is 0.229. The standard InChI is InChI=1S/C27H28FN3O6/c1-3-27(36)17-9-20-24-15(10-31(20)25(34)16(17)11-37-26(27)35)23-18(29-21(33)5-4-12(2)32)7-13-6-14(28)8-19(30-24)22(13)23/h6,8-9,12,18,21,29,32-33,36H,3-5,7,10-11H2,1-2H3/t12?,18?,21?,27-/m0/s1. The predicted octanol–water partition coefficient (Wildman–Crippen LogP) is 1.88. The summed E-state index contributed by atoms with van der Waals surface area (Å²) in [5, 5.41) is 35.4. The highest BCUT2D eigenvalue weighted by atomic mass is 19.1. The fourth-order valence-corrected chi connectivity index (χ4v) is 6.02. The zero-order chi connectivity index (χ0) is 26.2. The van der Waals surface area contributed by atoms with Crippen molar-refractivity contribution in [3.63, 3.8) is 0 Å². The molecule has 2 aliphatic heterocycles. The number of aliphatic hydroxyl groups is 3. The summed E-state index contributed by atoms with van der Waals surface area (Å²) in [6, 6.07) is 4.11. The molecule has 194 valence electrons. The maximum absolute atomic E-state index is 14.6. The fourth-order valence-electron chi connectivity index (χ4n) is 6.02. The number of rotatable bonds is 6. The zero-order valence-electron chi connectivity index (χ0n) is 20.5. The molecule has 0 bridgehead atoms. The summed E-state index contributed by atoms with van der Waals surface area (Å²) in [4.78, 5) is 30.7. The summed E-state index contributed by atoms with van der Waals surface area (Å²) in [6.07, 6.45) is -0.207. The number of hydrogen-bond acceptors (Lipinski definition) is 8. The molecule has 9 nitrogen and oxygen atoms in total. The van der Waals surface area contributed by atoms with Gasteiger partial charge in [0.05, 0.1) is 35.1 Å². The highest BCUT2D eigenvalue weighted by Gasteiger charge is 2.46. The van der Waals surface area contributed by atoms with Crippen LogP contribution in [0.5, 0.6) is 0 Å². The van der Waals surface area contributed by atoms with Gasteiger partial charge in [0, 0.05) is 28.6 Å². The maximum Gasteiger partial charge on any atom is 0.343 e. The van der Waals surface area contributed by atoms with Crippen molar-refractivity contribution in [2.75, 3.05) is 0 Å². The van der Waals surface area contributed by atoms with E-state index in [0.717, 1.165) is 22.1 Å². The molecule has 3 unspecified atom stereocenters. The first kappa shape index (κ1) is 24.2. The van der Waals surface area contributed by atoms with Gasteiger partial charge in [-0.1, -0.05) is 6.92 Å². The van der Waals surface area contributed by atoms with Crippen LogP contribution in [-0.4, -0.2) is 43.2 Å². The second-order valence-corrected chi connectivity index (χ2v) is 10.3. The number of nitrogens with zero attached hydrogens (tertiary/aromatic N) is 2. The highest BCUT2D eigenvalue weighted by molar-refractivity contribution is 5.93. The van der Waals surface area contributed by atoms with E-state index in [4.69, 9.17) is 9.72 Å². The number of carbonyl (C=O) groups is 1. The van der Waals surface area contributed by atoms with Crippen molar-refractivity contribution in [3.8, 4) is 11.4 Å². The second kappa shape index (κ2) is 8.42. The van der Waals surface area contributed by atoms with Gasteiger partial charge in [0.15, 0.2) is 5.60 Å². The van der Waals surface area contributed by atoms with Gasteiger partial charge in [-0.15, -0.1) is 0 Å². The molecule has 3 aliphatic rings. The smallest absolute Gasteiger partial charge is 0.343 e. The molecule has 1 aromatic carbocycles. The van der Waals surface area contributed by atoms with Gasteiger partial charge in [0.2, 0.25) is 0 Å². The molecule has 4 heterocycles. The lowest BCUT2D eigenvalue weighted by atomic mass is 9.86. The van der Waals surface area contributed by atoms with Crippen molar-refractivity contribution in [3.05, 3.63) is 62.2 Å². The Bertz CT molecular complexity index is 1530. The molecule has 0 saturated heterocycles. The predicted molar refractivity (Wildman–Crippen MR) is 131 cm³/mol. The van der Waals surface area contributed by atoms with Crippen LogP contribution in [0.25, 0.3) is 22.3 Å². The van der Waals surface area contributed by atoms with E-state index < -0.39 is 29.7 Å². The number of ether oxygens (including phenoxy) is 1. The normalized spacial score (nSPS) is 23.0. The third-order valence-corrected chi connectivity index (χ3v) is 7.90. The van der Waals surface area contributed by atoms with Crippen molar-refractivity contribution >= 4 is 16.9 Å². The van der Waals surface area contributed by atoms with Crippen molar-refractivity contribution in [1.29, 1.82) is 0 Å². The maximum atomic E-state index is 14.6. The van der Waals surface area contributed by atoms with Crippen LogP contribution in [0.4, 0.5) is 4.39 Å². The number of cyclic esters (lactones) is 1. The third-order valence-electron chi connectivity index (χ3n) is 7.90. The van der Waals surface area contributed by atoms with Crippen LogP contribution in [0.15, 0.2) is 23.0 Å². The van der Waals surface area contributed by atoms with Gasteiger partial charge < -0.3 is 24.6 Å². The van der Waals surface area contributed by atoms with Crippen LogP contribution in [0.2, 0.25) is 0 Å². The van der Waals surface area contributed by atoms with Crippen LogP contribution in [0.1, 0.15) is 67.0 Å². The summed E-state index contributed by atoms with van der Waals surface area (Å²) in [6.45, 7) is 3.30. The first-order valence-corrected chi connectivity index (χ1v) is 12.6. The number of nitrogens with one attached hydrogen (secondary N) is 1. The van der Waals surface area contributed by atoms with Gasteiger partial charge in [-0.05, 0) is 55.9 Å². The minimum atomic E-state index is -1.93. The molecule has 37 heavy (non-hydrogen) atoms. The lowest BCUT2D eigenvalue weighted by molar-refractivity contribution is -0.172. The SMILES string of the molecule is CC[C@@]1(O)C(=O)OCc2c1cc1n(c2=O)Cc2c-1nc1cc(F)cc3c1c2C(NC(O)CCC(C)O)C3. The molecule has 6 rings (SSSR count). The van der Waals surface area contributed by atoms with E-state index in [1.165, 1.54) is 12.1 Å². The molecule has 3 aromatic rings. The van der Waals surface area contributed by atoms with E-state index in [1.807, 2.05) is 0 Å². The summed E-state index contributed by atoms with van der Waals surface area (Å²) in [5.41, 5.74) is 1.93. The van der Waals surface area contributed by atoms with Crippen molar-refractivity contribution in [1.82, 2.24) is 14.9 Å². The molecule has 4 N–H and O–H groups in total.